The molecule has 1 aromatic rings. The standard InChI is InChI=1S/C13H16F3NO2/c1-9-6-17-7-10(19-9)8-18-12-5-3-2-4-11(12)13(14,15)16/h2-5,9-10,17H,6-8H2,1H3. The average Bonchev–Trinajstić information content (AvgIpc) is 2.36. The van der Waals surface area contributed by atoms with E-state index in [1.54, 1.807) is 0 Å². The second-order valence-corrected chi connectivity index (χ2v) is 4.53. The van der Waals surface area contributed by atoms with Gasteiger partial charge in [-0.3, -0.25) is 0 Å². The highest BCUT2D eigenvalue weighted by Gasteiger charge is 2.34. The van der Waals surface area contributed by atoms with Gasteiger partial charge in [0.1, 0.15) is 18.5 Å². The Morgan fingerprint density at radius 1 is 1.32 bits per heavy atom. The molecule has 1 heterocycles. The molecule has 2 rings (SSSR count). The van der Waals surface area contributed by atoms with E-state index in [2.05, 4.69) is 5.32 Å². The smallest absolute Gasteiger partial charge is 0.419 e. The van der Waals surface area contributed by atoms with Gasteiger partial charge < -0.3 is 14.8 Å². The lowest BCUT2D eigenvalue weighted by molar-refractivity contribution is -0.139. The summed E-state index contributed by atoms with van der Waals surface area (Å²) in [6.07, 6.45) is -4.60. The van der Waals surface area contributed by atoms with Gasteiger partial charge in [0.15, 0.2) is 0 Å². The van der Waals surface area contributed by atoms with E-state index >= 15 is 0 Å². The van der Waals surface area contributed by atoms with Crippen molar-refractivity contribution in [3.05, 3.63) is 29.8 Å². The molecule has 0 aliphatic carbocycles. The topological polar surface area (TPSA) is 30.5 Å². The van der Waals surface area contributed by atoms with Crippen LogP contribution in [0.15, 0.2) is 24.3 Å². The maximum absolute atomic E-state index is 12.8. The molecule has 0 radical (unpaired) electrons. The normalized spacial score (nSPS) is 24.2. The fraction of sp³-hybridized carbons (Fsp3) is 0.538. The molecule has 1 N–H and O–H groups in total. The first-order valence-corrected chi connectivity index (χ1v) is 6.12. The lowest BCUT2D eigenvalue weighted by atomic mass is 10.2. The molecule has 0 saturated carbocycles. The minimum absolute atomic E-state index is 0.0419. The molecule has 0 aromatic heterocycles. The van der Waals surface area contributed by atoms with Crippen molar-refractivity contribution in [3.8, 4) is 5.75 Å². The van der Waals surface area contributed by atoms with Gasteiger partial charge in [0.05, 0.1) is 11.7 Å². The number of nitrogens with one attached hydrogen (secondary N) is 1. The summed E-state index contributed by atoms with van der Waals surface area (Å²) >= 11 is 0. The SMILES string of the molecule is CC1CNCC(COc2ccccc2C(F)(F)F)O1. The number of ether oxygens (including phenoxy) is 2. The van der Waals surface area contributed by atoms with Gasteiger partial charge in [0.2, 0.25) is 0 Å². The maximum atomic E-state index is 12.8. The van der Waals surface area contributed by atoms with E-state index in [-0.39, 0.29) is 24.6 Å². The molecule has 0 bridgehead atoms. The Bertz CT molecular complexity index is 423. The fourth-order valence-corrected chi connectivity index (χ4v) is 1.98. The molecule has 3 nitrogen and oxygen atoms in total. The van der Waals surface area contributed by atoms with E-state index in [4.69, 9.17) is 9.47 Å². The Morgan fingerprint density at radius 2 is 2.05 bits per heavy atom. The van der Waals surface area contributed by atoms with Crippen LogP contribution < -0.4 is 10.1 Å². The molecule has 2 unspecified atom stereocenters. The average molecular weight is 275 g/mol. The summed E-state index contributed by atoms with van der Waals surface area (Å²) in [5, 5.41) is 3.14. The number of para-hydroxylation sites is 1. The highest BCUT2D eigenvalue weighted by atomic mass is 19.4. The molecule has 1 aromatic carbocycles. The van der Waals surface area contributed by atoms with Crippen LogP contribution in [0.2, 0.25) is 0 Å². The third-order valence-electron chi connectivity index (χ3n) is 2.85. The first-order valence-electron chi connectivity index (χ1n) is 6.12. The summed E-state index contributed by atoms with van der Waals surface area (Å²) in [6.45, 7) is 3.33. The van der Waals surface area contributed by atoms with Crippen molar-refractivity contribution in [2.75, 3.05) is 19.7 Å². The highest BCUT2D eigenvalue weighted by Crippen LogP contribution is 2.35. The number of hydrogen-bond acceptors (Lipinski definition) is 3. The lowest BCUT2D eigenvalue weighted by Gasteiger charge is -2.28. The number of rotatable bonds is 3. The van der Waals surface area contributed by atoms with Crippen molar-refractivity contribution in [1.29, 1.82) is 0 Å². The van der Waals surface area contributed by atoms with E-state index in [9.17, 15) is 13.2 Å². The molecular formula is C13H16F3NO2. The van der Waals surface area contributed by atoms with E-state index in [1.807, 2.05) is 6.92 Å². The van der Waals surface area contributed by atoms with Gasteiger partial charge in [-0.15, -0.1) is 0 Å². The molecule has 1 fully saturated rings. The predicted octanol–water partition coefficient (Wildman–Crippen LogP) is 2.46. The van der Waals surface area contributed by atoms with Crippen LogP contribution in [0.1, 0.15) is 12.5 Å². The maximum Gasteiger partial charge on any atom is 0.419 e. The van der Waals surface area contributed by atoms with Crippen LogP contribution in [0.5, 0.6) is 5.75 Å². The molecule has 19 heavy (non-hydrogen) atoms. The van der Waals surface area contributed by atoms with E-state index < -0.39 is 11.7 Å². The van der Waals surface area contributed by atoms with E-state index in [0.717, 1.165) is 12.6 Å². The number of alkyl halides is 3. The molecule has 0 spiro atoms. The van der Waals surface area contributed by atoms with Gasteiger partial charge in [0.25, 0.3) is 0 Å². The summed E-state index contributed by atoms with van der Waals surface area (Å²) in [5.41, 5.74) is -0.758. The zero-order valence-corrected chi connectivity index (χ0v) is 10.5. The van der Waals surface area contributed by atoms with Crippen LogP contribution in [-0.4, -0.2) is 31.9 Å². The van der Waals surface area contributed by atoms with E-state index in [1.165, 1.54) is 18.2 Å². The summed E-state index contributed by atoms with van der Waals surface area (Å²) in [5.74, 6) is -0.156. The molecule has 0 amide bonds. The first kappa shape index (κ1) is 14.1. The van der Waals surface area contributed by atoms with Gasteiger partial charge in [-0.1, -0.05) is 12.1 Å². The van der Waals surface area contributed by atoms with Crippen molar-refractivity contribution < 1.29 is 22.6 Å². The second-order valence-electron chi connectivity index (χ2n) is 4.53. The quantitative estimate of drug-likeness (QED) is 0.919. The number of hydrogen-bond donors (Lipinski definition) is 1. The fourth-order valence-electron chi connectivity index (χ4n) is 1.98. The summed E-state index contributed by atoms with van der Waals surface area (Å²) in [7, 11) is 0. The van der Waals surface area contributed by atoms with Crippen LogP contribution >= 0.6 is 0 Å². The molecular weight excluding hydrogens is 259 g/mol. The molecule has 1 saturated heterocycles. The van der Waals surface area contributed by atoms with Crippen molar-refractivity contribution in [3.63, 3.8) is 0 Å². The minimum atomic E-state index is -4.41. The van der Waals surface area contributed by atoms with Crippen molar-refractivity contribution in [2.24, 2.45) is 0 Å². The Morgan fingerprint density at radius 3 is 2.74 bits per heavy atom. The number of morpholine rings is 1. The first-order chi connectivity index (χ1) is 8.97. The third kappa shape index (κ3) is 3.84. The molecule has 1 aliphatic rings. The van der Waals surface area contributed by atoms with Crippen LogP contribution in [0.3, 0.4) is 0 Å². The predicted molar refractivity (Wildman–Crippen MR) is 64.1 cm³/mol. The van der Waals surface area contributed by atoms with Crippen LogP contribution in [-0.2, 0) is 10.9 Å². The zero-order valence-electron chi connectivity index (χ0n) is 10.5. The number of benzene rings is 1. The van der Waals surface area contributed by atoms with Gasteiger partial charge in [-0.2, -0.15) is 13.2 Å². The Labute approximate surface area is 109 Å². The largest absolute Gasteiger partial charge is 0.490 e. The minimum Gasteiger partial charge on any atom is -0.490 e. The zero-order chi connectivity index (χ0) is 13.9. The molecule has 1 aliphatic heterocycles. The van der Waals surface area contributed by atoms with Gasteiger partial charge in [0, 0.05) is 13.1 Å². The summed E-state index contributed by atoms with van der Waals surface area (Å²) in [4.78, 5) is 0. The van der Waals surface area contributed by atoms with Gasteiger partial charge in [-0.05, 0) is 19.1 Å². The second kappa shape index (κ2) is 5.79. The summed E-state index contributed by atoms with van der Waals surface area (Å²) < 4.78 is 49.1. The Hall–Kier alpha value is -1.27. The summed E-state index contributed by atoms with van der Waals surface area (Å²) in [6, 6.07) is 5.20. The Kier molecular flexibility index (Phi) is 4.31. The van der Waals surface area contributed by atoms with Gasteiger partial charge in [-0.25, -0.2) is 0 Å². The molecule has 106 valence electrons. The van der Waals surface area contributed by atoms with E-state index in [0.29, 0.717) is 6.54 Å². The molecule has 2 atom stereocenters. The van der Waals surface area contributed by atoms with Crippen molar-refractivity contribution >= 4 is 0 Å². The van der Waals surface area contributed by atoms with Crippen molar-refractivity contribution in [2.45, 2.75) is 25.3 Å². The lowest BCUT2D eigenvalue weighted by Crippen LogP contribution is -2.45. The molecule has 6 heteroatoms. The Balaban J connectivity index is 1.99. The highest BCUT2D eigenvalue weighted by molar-refractivity contribution is 5.35. The third-order valence-corrected chi connectivity index (χ3v) is 2.85. The van der Waals surface area contributed by atoms with Crippen LogP contribution in [0.25, 0.3) is 0 Å². The van der Waals surface area contributed by atoms with Crippen LogP contribution in [0, 0.1) is 0 Å². The van der Waals surface area contributed by atoms with Crippen LogP contribution in [0.4, 0.5) is 13.2 Å². The number of halogens is 3. The monoisotopic (exact) mass is 275 g/mol. The van der Waals surface area contributed by atoms with Crippen molar-refractivity contribution in [1.82, 2.24) is 5.32 Å². The van der Waals surface area contributed by atoms with Gasteiger partial charge >= 0.3 is 6.18 Å².